The molecule has 3 N–H and O–H groups in total. The number of rotatable bonds is 3. The van der Waals surface area contributed by atoms with E-state index < -0.39 is 5.56 Å². The molecule has 1 aromatic carbocycles. The van der Waals surface area contributed by atoms with Crippen LogP contribution in [0.2, 0.25) is 0 Å². The third kappa shape index (κ3) is 2.20. The Labute approximate surface area is 97.0 Å². The number of benzene rings is 1. The second-order valence-corrected chi connectivity index (χ2v) is 3.20. The van der Waals surface area contributed by atoms with Crippen LogP contribution < -0.4 is 20.8 Å². The first-order chi connectivity index (χ1) is 8.22. The van der Waals surface area contributed by atoms with E-state index in [1.165, 1.54) is 13.4 Å². The molecule has 0 aliphatic carbocycles. The molecule has 6 nitrogen and oxygen atoms in total. The highest BCUT2D eigenvalue weighted by Gasteiger charge is 2.10. The average molecular weight is 233 g/mol. The number of nitrogen functional groups attached to an aromatic ring is 1. The lowest BCUT2D eigenvalue weighted by Gasteiger charge is -2.09. The summed E-state index contributed by atoms with van der Waals surface area (Å²) in [6.07, 6.45) is 1.23. The lowest BCUT2D eigenvalue weighted by atomic mass is 10.3. The summed E-state index contributed by atoms with van der Waals surface area (Å²) in [6, 6.07) is 7.02. The Morgan fingerprint density at radius 2 is 2.00 bits per heavy atom. The minimum Gasteiger partial charge on any atom is -0.493 e. The molecule has 0 unspecified atom stereocenters. The van der Waals surface area contributed by atoms with Crippen molar-refractivity contribution in [3.63, 3.8) is 0 Å². The van der Waals surface area contributed by atoms with E-state index in [2.05, 4.69) is 9.97 Å². The van der Waals surface area contributed by atoms with Gasteiger partial charge in [-0.1, -0.05) is 12.1 Å². The lowest BCUT2D eigenvalue weighted by molar-refractivity contribution is 0.374. The monoisotopic (exact) mass is 233 g/mol. The normalized spacial score (nSPS) is 9.94. The molecule has 0 spiro atoms. The zero-order valence-electron chi connectivity index (χ0n) is 9.14. The van der Waals surface area contributed by atoms with Crippen LogP contribution in [-0.2, 0) is 0 Å². The maximum Gasteiger partial charge on any atom is 0.277 e. The fourth-order valence-corrected chi connectivity index (χ4v) is 1.28. The molecule has 88 valence electrons. The van der Waals surface area contributed by atoms with E-state index >= 15 is 0 Å². The molecule has 0 aliphatic heterocycles. The van der Waals surface area contributed by atoms with Gasteiger partial charge in [-0.3, -0.25) is 4.79 Å². The molecule has 0 amide bonds. The summed E-state index contributed by atoms with van der Waals surface area (Å²) in [7, 11) is 1.52. The zero-order valence-corrected chi connectivity index (χ0v) is 9.14. The molecular weight excluding hydrogens is 222 g/mol. The van der Waals surface area contributed by atoms with Gasteiger partial charge in [0.25, 0.3) is 5.56 Å². The smallest absolute Gasteiger partial charge is 0.277 e. The van der Waals surface area contributed by atoms with Gasteiger partial charge in [0, 0.05) is 0 Å². The number of H-pyrrole nitrogens is 1. The topological polar surface area (TPSA) is 90.2 Å². The number of nitrogens with one attached hydrogen (secondary N) is 1. The molecule has 0 atom stereocenters. The molecule has 1 aromatic heterocycles. The van der Waals surface area contributed by atoms with E-state index in [1.54, 1.807) is 24.3 Å². The van der Waals surface area contributed by atoms with Gasteiger partial charge in [-0.15, -0.1) is 0 Å². The number of aromatic amines is 1. The predicted molar refractivity (Wildman–Crippen MR) is 62.3 cm³/mol. The summed E-state index contributed by atoms with van der Waals surface area (Å²) in [5.41, 5.74) is 5.04. The first-order valence-electron chi connectivity index (χ1n) is 4.86. The number of nitrogens with zero attached hydrogens (tertiary/aromatic N) is 1. The van der Waals surface area contributed by atoms with Crippen molar-refractivity contribution < 1.29 is 9.47 Å². The largest absolute Gasteiger partial charge is 0.493 e. The van der Waals surface area contributed by atoms with Crippen LogP contribution in [0.15, 0.2) is 35.4 Å². The number of methoxy groups -OCH3 is 1. The van der Waals surface area contributed by atoms with Gasteiger partial charge >= 0.3 is 0 Å². The van der Waals surface area contributed by atoms with Gasteiger partial charge in [-0.2, -0.15) is 0 Å². The Morgan fingerprint density at radius 3 is 2.71 bits per heavy atom. The summed E-state index contributed by atoms with van der Waals surface area (Å²) in [4.78, 5) is 17.5. The van der Waals surface area contributed by atoms with Gasteiger partial charge in [0.1, 0.15) is 0 Å². The summed E-state index contributed by atoms with van der Waals surface area (Å²) in [5, 5.41) is 0. The summed E-state index contributed by atoms with van der Waals surface area (Å²) in [5.74, 6) is 1.03. The molecule has 6 heteroatoms. The number of anilines is 1. The Bertz CT molecular complexity index is 580. The number of hydrogen-bond donors (Lipinski definition) is 2. The van der Waals surface area contributed by atoms with Crippen molar-refractivity contribution in [2.75, 3.05) is 12.8 Å². The van der Waals surface area contributed by atoms with Crippen molar-refractivity contribution in [1.29, 1.82) is 0 Å². The SMILES string of the molecule is COc1ccccc1Oc1nc[nH]c(=O)c1N. The molecule has 17 heavy (non-hydrogen) atoms. The van der Waals surface area contributed by atoms with E-state index in [9.17, 15) is 4.79 Å². The standard InChI is InChI=1S/C11H11N3O3/c1-16-7-4-2-3-5-8(7)17-11-9(12)10(15)13-6-14-11/h2-6H,12H2,1H3,(H,13,14,15). The van der Waals surface area contributed by atoms with Gasteiger partial charge in [-0.05, 0) is 12.1 Å². The molecule has 0 bridgehead atoms. The molecule has 0 saturated carbocycles. The van der Waals surface area contributed by atoms with Crippen molar-refractivity contribution in [1.82, 2.24) is 9.97 Å². The molecule has 2 rings (SSSR count). The first-order valence-corrected chi connectivity index (χ1v) is 4.86. The molecule has 1 heterocycles. The van der Waals surface area contributed by atoms with Gasteiger partial charge in [0.05, 0.1) is 13.4 Å². The van der Waals surface area contributed by atoms with Crippen LogP contribution >= 0.6 is 0 Å². The highest BCUT2D eigenvalue weighted by molar-refractivity contribution is 5.49. The predicted octanol–water partition coefficient (Wildman–Crippen LogP) is 1.15. The molecule has 0 aliphatic rings. The minimum absolute atomic E-state index is 0.0539. The lowest BCUT2D eigenvalue weighted by Crippen LogP contribution is -2.13. The Kier molecular flexibility index (Phi) is 2.95. The second kappa shape index (κ2) is 4.56. The summed E-state index contributed by atoms with van der Waals surface area (Å²) >= 11 is 0. The van der Waals surface area contributed by atoms with Crippen LogP contribution in [-0.4, -0.2) is 17.1 Å². The quantitative estimate of drug-likeness (QED) is 0.830. The van der Waals surface area contributed by atoms with Crippen molar-refractivity contribution >= 4 is 5.69 Å². The van der Waals surface area contributed by atoms with Crippen molar-refractivity contribution in [2.45, 2.75) is 0 Å². The second-order valence-electron chi connectivity index (χ2n) is 3.20. The number of nitrogens with two attached hydrogens (primary N) is 1. The Morgan fingerprint density at radius 1 is 1.29 bits per heavy atom. The molecule has 0 radical (unpaired) electrons. The zero-order chi connectivity index (χ0) is 12.3. The first kappa shape index (κ1) is 11.0. The van der Waals surface area contributed by atoms with Gasteiger partial charge in [-0.25, -0.2) is 4.98 Å². The maximum atomic E-state index is 11.3. The van der Waals surface area contributed by atoms with E-state index in [0.717, 1.165) is 0 Å². The molecule has 0 saturated heterocycles. The fraction of sp³-hybridized carbons (Fsp3) is 0.0909. The highest BCUT2D eigenvalue weighted by atomic mass is 16.5. The van der Waals surface area contributed by atoms with Gasteiger partial charge < -0.3 is 20.2 Å². The van der Waals surface area contributed by atoms with E-state index in [1.807, 2.05) is 0 Å². The minimum atomic E-state index is -0.440. The third-order valence-electron chi connectivity index (χ3n) is 2.13. The average Bonchev–Trinajstić information content (AvgIpc) is 2.35. The summed E-state index contributed by atoms with van der Waals surface area (Å²) < 4.78 is 10.5. The maximum absolute atomic E-state index is 11.3. The number of aromatic nitrogens is 2. The molecule has 2 aromatic rings. The van der Waals surface area contributed by atoms with Crippen molar-refractivity contribution in [3.8, 4) is 17.4 Å². The van der Waals surface area contributed by atoms with E-state index in [-0.39, 0.29) is 11.6 Å². The van der Waals surface area contributed by atoms with Crippen LogP contribution in [0, 0.1) is 0 Å². The molecule has 0 fully saturated rings. The Balaban J connectivity index is 2.38. The van der Waals surface area contributed by atoms with Crippen LogP contribution in [0.25, 0.3) is 0 Å². The van der Waals surface area contributed by atoms with Crippen molar-refractivity contribution in [3.05, 3.63) is 40.9 Å². The number of para-hydroxylation sites is 2. The number of hydrogen-bond acceptors (Lipinski definition) is 5. The van der Waals surface area contributed by atoms with Crippen LogP contribution in [0.3, 0.4) is 0 Å². The van der Waals surface area contributed by atoms with Gasteiger partial charge in [0.2, 0.25) is 5.88 Å². The van der Waals surface area contributed by atoms with Crippen LogP contribution in [0.4, 0.5) is 5.69 Å². The van der Waals surface area contributed by atoms with Gasteiger partial charge in [0.15, 0.2) is 17.2 Å². The van der Waals surface area contributed by atoms with Crippen LogP contribution in [0.5, 0.6) is 17.4 Å². The van der Waals surface area contributed by atoms with E-state index in [4.69, 9.17) is 15.2 Å². The summed E-state index contributed by atoms with van der Waals surface area (Å²) in [6.45, 7) is 0. The van der Waals surface area contributed by atoms with Crippen molar-refractivity contribution in [2.24, 2.45) is 0 Å². The van der Waals surface area contributed by atoms with Crippen LogP contribution in [0.1, 0.15) is 0 Å². The molecular formula is C11H11N3O3. The third-order valence-corrected chi connectivity index (χ3v) is 2.13. The fourth-order valence-electron chi connectivity index (χ4n) is 1.28. The number of ether oxygens (including phenoxy) is 2. The highest BCUT2D eigenvalue weighted by Crippen LogP contribution is 2.30. The Hall–Kier alpha value is -2.50. The van der Waals surface area contributed by atoms with E-state index in [0.29, 0.717) is 11.5 Å².